The topological polar surface area (TPSA) is 17.1 Å². The molecule has 2 atom stereocenters. The van der Waals surface area contributed by atoms with Gasteiger partial charge < -0.3 is 0 Å². The van der Waals surface area contributed by atoms with Gasteiger partial charge in [-0.1, -0.05) is 33.6 Å². The highest BCUT2D eigenvalue weighted by Gasteiger charge is 2.63. The van der Waals surface area contributed by atoms with E-state index in [0.717, 1.165) is 12.8 Å². The Morgan fingerprint density at radius 2 is 2.14 bits per heavy atom. The number of unbranched alkanes of at least 4 members (excludes halogenated alkanes) is 1. The Labute approximate surface area is 87.3 Å². The average Bonchev–Trinajstić information content (AvgIpc) is 2.48. The first kappa shape index (κ1) is 10.2. The molecule has 0 saturated heterocycles. The fourth-order valence-electron chi connectivity index (χ4n) is 3.83. The molecule has 0 aliphatic heterocycles. The lowest BCUT2D eigenvalue weighted by Crippen LogP contribution is -2.35. The minimum Gasteiger partial charge on any atom is -0.299 e. The van der Waals surface area contributed by atoms with E-state index < -0.39 is 0 Å². The number of carbonyl (C=O) groups is 1. The Hall–Kier alpha value is -0.330. The van der Waals surface area contributed by atoms with Crippen molar-refractivity contribution in [2.24, 2.45) is 16.7 Å². The summed E-state index contributed by atoms with van der Waals surface area (Å²) in [4.78, 5) is 12.1. The first-order chi connectivity index (χ1) is 6.54. The summed E-state index contributed by atoms with van der Waals surface area (Å²) in [6, 6.07) is 0. The van der Waals surface area contributed by atoms with Crippen molar-refractivity contribution in [3.05, 3.63) is 0 Å². The van der Waals surface area contributed by atoms with Gasteiger partial charge in [0.2, 0.25) is 0 Å². The molecular formula is C13H22O. The van der Waals surface area contributed by atoms with Crippen molar-refractivity contribution in [1.82, 2.24) is 0 Å². The Bertz CT molecular complexity index is 254. The van der Waals surface area contributed by atoms with E-state index in [1.807, 2.05) is 0 Å². The quantitative estimate of drug-likeness (QED) is 0.671. The second-order valence-corrected chi connectivity index (χ2v) is 5.77. The fourth-order valence-corrected chi connectivity index (χ4v) is 3.83. The number of carbonyl (C=O) groups excluding carboxylic acids is 1. The maximum Gasteiger partial charge on any atom is 0.139 e. The average molecular weight is 194 g/mol. The molecule has 0 aromatic rings. The molecule has 0 amide bonds. The molecule has 0 radical (unpaired) electrons. The summed E-state index contributed by atoms with van der Waals surface area (Å²) in [7, 11) is 0. The van der Waals surface area contributed by atoms with Crippen LogP contribution in [-0.2, 0) is 4.79 Å². The molecule has 1 heteroatoms. The van der Waals surface area contributed by atoms with Gasteiger partial charge in [-0.05, 0) is 30.6 Å². The molecular weight excluding hydrogens is 172 g/mol. The monoisotopic (exact) mass is 194 g/mol. The molecule has 1 nitrogen and oxygen atoms in total. The lowest BCUT2D eigenvalue weighted by molar-refractivity contribution is -0.130. The Morgan fingerprint density at radius 1 is 1.43 bits per heavy atom. The van der Waals surface area contributed by atoms with Crippen LogP contribution in [-0.4, -0.2) is 5.78 Å². The highest BCUT2D eigenvalue weighted by Crippen LogP contribution is 2.65. The molecule has 2 bridgehead atoms. The van der Waals surface area contributed by atoms with Crippen molar-refractivity contribution >= 4 is 5.78 Å². The van der Waals surface area contributed by atoms with E-state index in [1.165, 1.54) is 25.7 Å². The van der Waals surface area contributed by atoms with Crippen LogP contribution in [0.15, 0.2) is 0 Å². The Morgan fingerprint density at radius 3 is 2.57 bits per heavy atom. The van der Waals surface area contributed by atoms with Crippen LogP contribution in [0.1, 0.15) is 59.3 Å². The number of ketones is 1. The lowest BCUT2D eigenvalue weighted by atomic mass is 9.66. The molecule has 2 saturated carbocycles. The second-order valence-electron chi connectivity index (χ2n) is 5.77. The standard InChI is InChI=1S/C13H22O/c1-4-5-7-13-8-6-10(9-11(13)14)12(13,2)3/h10H,4-9H2,1-3H3. The highest BCUT2D eigenvalue weighted by molar-refractivity contribution is 5.89. The van der Waals surface area contributed by atoms with E-state index in [4.69, 9.17) is 0 Å². The number of hydrogen-bond acceptors (Lipinski definition) is 1. The van der Waals surface area contributed by atoms with Crippen molar-refractivity contribution in [1.29, 1.82) is 0 Å². The first-order valence-corrected chi connectivity index (χ1v) is 6.08. The van der Waals surface area contributed by atoms with Gasteiger partial charge in [-0.3, -0.25) is 4.79 Å². The third-order valence-corrected chi connectivity index (χ3v) is 5.10. The summed E-state index contributed by atoms with van der Waals surface area (Å²) in [5, 5.41) is 0. The van der Waals surface area contributed by atoms with Crippen LogP contribution in [0.3, 0.4) is 0 Å². The number of fused-ring (bicyclic) bond motifs is 2. The number of hydrogen-bond donors (Lipinski definition) is 0. The molecule has 0 aromatic carbocycles. The summed E-state index contributed by atoms with van der Waals surface area (Å²) in [5.74, 6) is 1.26. The van der Waals surface area contributed by atoms with E-state index in [-0.39, 0.29) is 5.41 Å². The first-order valence-electron chi connectivity index (χ1n) is 6.08. The summed E-state index contributed by atoms with van der Waals surface area (Å²) in [5.41, 5.74) is 0.368. The third-order valence-electron chi connectivity index (χ3n) is 5.10. The van der Waals surface area contributed by atoms with Gasteiger partial charge in [0, 0.05) is 11.8 Å². The second kappa shape index (κ2) is 3.08. The number of Topliss-reactive ketones (excluding diaryl/α,β-unsaturated/α-hetero) is 1. The molecule has 2 fully saturated rings. The third kappa shape index (κ3) is 1.04. The lowest BCUT2D eigenvalue weighted by Gasteiger charge is -2.36. The Kier molecular flexibility index (Phi) is 2.24. The van der Waals surface area contributed by atoms with Gasteiger partial charge in [0.1, 0.15) is 5.78 Å². The van der Waals surface area contributed by atoms with Crippen molar-refractivity contribution in [2.45, 2.75) is 59.3 Å². The van der Waals surface area contributed by atoms with Crippen LogP contribution in [0.5, 0.6) is 0 Å². The molecule has 0 aromatic heterocycles. The van der Waals surface area contributed by atoms with Gasteiger partial charge in [-0.15, -0.1) is 0 Å². The van der Waals surface area contributed by atoms with Crippen molar-refractivity contribution in [3.8, 4) is 0 Å². The highest BCUT2D eigenvalue weighted by atomic mass is 16.1. The normalized spacial score (nSPS) is 39.4. The van der Waals surface area contributed by atoms with Crippen molar-refractivity contribution in [2.75, 3.05) is 0 Å². The zero-order valence-corrected chi connectivity index (χ0v) is 9.73. The summed E-state index contributed by atoms with van der Waals surface area (Å²) < 4.78 is 0. The molecule has 0 spiro atoms. The zero-order chi connectivity index (χ0) is 10.4. The SMILES string of the molecule is CCCCC12CCC(CC1=O)C2(C)C. The van der Waals surface area contributed by atoms with Gasteiger partial charge >= 0.3 is 0 Å². The molecule has 80 valence electrons. The van der Waals surface area contributed by atoms with E-state index in [0.29, 0.717) is 17.1 Å². The minimum atomic E-state index is 0.0771. The minimum absolute atomic E-state index is 0.0771. The van der Waals surface area contributed by atoms with Gasteiger partial charge in [-0.2, -0.15) is 0 Å². The van der Waals surface area contributed by atoms with Crippen LogP contribution >= 0.6 is 0 Å². The van der Waals surface area contributed by atoms with Crippen LogP contribution in [0.2, 0.25) is 0 Å². The predicted octanol–water partition coefficient (Wildman–Crippen LogP) is 3.57. The van der Waals surface area contributed by atoms with Crippen molar-refractivity contribution in [3.63, 3.8) is 0 Å². The van der Waals surface area contributed by atoms with Gasteiger partial charge in [-0.25, -0.2) is 0 Å². The van der Waals surface area contributed by atoms with E-state index in [9.17, 15) is 4.79 Å². The van der Waals surface area contributed by atoms with Crippen LogP contribution < -0.4 is 0 Å². The molecule has 2 rings (SSSR count). The Balaban J connectivity index is 2.25. The summed E-state index contributed by atoms with van der Waals surface area (Å²) >= 11 is 0. The van der Waals surface area contributed by atoms with Crippen LogP contribution in [0.4, 0.5) is 0 Å². The summed E-state index contributed by atoms with van der Waals surface area (Å²) in [6.07, 6.45) is 6.92. The van der Waals surface area contributed by atoms with Crippen LogP contribution in [0, 0.1) is 16.7 Å². The van der Waals surface area contributed by atoms with E-state index >= 15 is 0 Å². The number of rotatable bonds is 3. The van der Waals surface area contributed by atoms with Crippen LogP contribution in [0.25, 0.3) is 0 Å². The smallest absolute Gasteiger partial charge is 0.139 e. The molecule has 14 heavy (non-hydrogen) atoms. The van der Waals surface area contributed by atoms with Crippen molar-refractivity contribution < 1.29 is 4.79 Å². The maximum atomic E-state index is 12.1. The predicted molar refractivity (Wildman–Crippen MR) is 58.1 cm³/mol. The van der Waals surface area contributed by atoms with Gasteiger partial charge in [0.25, 0.3) is 0 Å². The molecule has 2 aliphatic rings. The maximum absolute atomic E-state index is 12.1. The van der Waals surface area contributed by atoms with Gasteiger partial charge in [0.15, 0.2) is 0 Å². The summed E-state index contributed by atoms with van der Waals surface area (Å²) in [6.45, 7) is 6.87. The largest absolute Gasteiger partial charge is 0.299 e. The van der Waals surface area contributed by atoms with Gasteiger partial charge in [0.05, 0.1) is 0 Å². The molecule has 2 aliphatic carbocycles. The van der Waals surface area contributed by atoms with E-state index in [1.54, 1.807) is 0 Å². The zero-order valence-electron chi connectivity index (χ0n) is 9.73. The molecule has 0 heterocycles. The fraction of sp³-hybridized carbons (Fsp3) is 0.923. The molecule has 2 unspecified atom stereocenters. The molecule has 0 N–H and O–H groups in total. The van der Waals surface area contributed by atoms with E-state index in [2.05, 4.69) is 20.8 Å².